The molecule has 120 valence electrons. The SMILES string of the molecule is O=C(O)C1Cc2ccccc2N1Cc1cccc2ccc(F)cc12. The Balaban J connectivity index is 1.79. The van der Waals surface area contributed by atoms with Gasteiger partial charge in [0, 0.05) is 18.7 Å². The van der Waals surface area contributed by atoms with Gasteiger partial charge in [0.25, 0.3) is 0 Å². The van der Waals surface area contributed by atoms with E-state index in [1.165, 1.54) is 12.1 Å². The number of hydrogen-bond donors (Lipinski definition) is 1. The minimum atomic E-state index is -0.836. The second kappa shape index (κ2) is 5.64. The van der Waals surface area contributed by atoms with Crippen LogP contribution in [0.3, 0.4) is 0 Å². The summed E-state index contributed by atoms with van der Waals surface area (Å²) in [4.78, 5) is 13.6. The molecule has 1 N–H and O–H groups in total. The van der Waals surface area contributed by atoms with Crippen LogP contribution in [0.4, 0.5) is 10.1 Å². The standard InChI is InChI=1S/C20H16FNO2/c21-16-9-8-13-5-3-6-15(17(13)11-16)12-22-18-7-2-1-4-14(18)10-19(22)20(23)24/h1-9,11,19H,10,12H2,(H,23,24). The maximum atomic E-state index is 13.7. The zero-order chi connectivity index (χ0) is 16.7. The molecule has 1 aliphatic heterocycles. The fraction of sp³-hybridized carbons (Fsp3) is 0.150. The summed E-state index contributed by atoms with van der Waals surface area (Å²) in [6, 6.07) is 17.7. The molecule has 1 atom stereocenters. The van der Waals surface area contributed by atoms with E-state index in [9.17, 15) is 14.3 Å². The lowest BCUT2D eigenvalue weighted by Gasteiger charge is -2.25. The number of nitrogens with zero attached hydrogens (tertiary/aromatic N) is 1. The number of aliphatic carboxylic acids is 1. The predicted octanol–water partition coefficient (Wildman–Crippen LogP) is 3.99. The van der Waals surface area contributed by atoms with Crippen molar-refractivity contribution in [3.63, 3.8) is 0 Å². The fourth-order valence-corrected chi connectivity index (χ4v) is 3.50. The molecule has 0 aliphatic carbocycles. The van der Waals surface area contributed by atoms with Gasteiger partial charge in [-0.15, -0.1) is 0 Å². The molecule has 0 saturated carbocycles. The van der Waals surface area contributed by atoms with Crippen molar-refractivity contribution in [2.24, 2.45) is 0 Å². The van der Waals surface area contributed by atoms with Crippen LogP contribution in [-0.4, -0.2) is 17.1 Å². The lowest BCUT2D eigenvalue weighted by molar-refractivity contribution is -0.138. The molecule has 4 heteroatoms. The molecule has 0 aromatic heterocycles. The minimum Gasteiger partial charge on any atom is -0.480 e. The van der Waals surface area contributed by atoms with Crippen molar-refractivity contribution in [2.45, 2.75) is 19.0 Å². The van der Waals surface area contributed by atoms with Crippen molar-refractivity contribution in [3.05, 3.63) is 77.6 Å². The van der Waals surface area contributed by atoms with E-state index in [0.29, 0.717) is 13.0 Å². The van der Waals surface area contributed by atoms with Crippen molar-refractivity contribution in [3.8, 4) is 0 Å². The van der Waals surface area contributed by atoms with Gasteiger partial charge in [0.05, 0.1) is 0 Å². The average Bonchev–Trinajstić information content (AvgIpc) is 2.94. The highest BCUT2D eigenvalue weighted by Crippen LogP contribution is 2.34. The Hall–Kier alpha value is -2.88. The van der Waals surface area contributed by atoms with E-state index in [1.54, 1.807) is 6.07 Å². The number of fused-ring (bicyclic) bond motifs is 2. The first-order valence-corrected chi connectivity index (χ1v) is 7.88. The summed E-state index contributed by atoms with van der Waals surface area (Å²) in [5, 5.41) is 11.4. The molecule has 24 heavy (non-hydrogen) atoms. The summed E-state index contributed by atoms with van der Waals surface area (Å²) < 4.78 is 13.7. The van der Waals surface area contributed by atoms with E-state index in [0.717, 1.165) is 27.6 Å². The first-order valence-electron chi connectivity index (χ1n) is 7.88. The van der Waals surface area contributed by atoms with Crippen LogP contribution < -0.4 is 4.90 Å². The molecular weight excluding hydrogens is 305 g/mol. The predicted molar refractivity (Wildman–Crippen MR) is 91.7 cm³/mol. The maximum absolute atomic E-state index is 13.7. The lowest BCUT2D eigenvalue weighted by Crippen LogP contribution is -2.38. The summed E-state index contributed by atoms with van der Waals surface area (Å²) >= 11 is 0. The molecule has 3 aromatic rings. The third-order valence-corrected chi connectivity index (χ3v) is 4.65. The maximum Gasteiger partial charge on any atom is 0.326 e. The van der Waals surface area contributed by atoms with Crippen molar-refractivity contribution in [1.82, 2.24) is 0 Å². The van der Waals surface area contributed by atoms with Gasteiger partial charge in [0.1, 0.15) is 11.9 Å². The molecule has 0 amide bonds. The third-order valence-electron chi connectivity index (χ3n) is 4.65. The summed E-state index contributed by atoms with van der Waals surface area (Å²) in [6.45, 7) is 0.439. The number of benzene rings is 3. The Bertz CT molecular complexity index is 938. The largest absolute Gasteiger partial charge is 0.480 e. The smallest absolute Gasteiger partial charge is 0.326 e. The van der Waals surface area contributed by atoms with E-state index < -0.39 is 12.0 Å². The Morgan fingerprint density at radius 1 is 1.12 bits per heavy atom. The number of rotatable bonds is 3. The van der Waals surface area contributed by atoms with Gasteiger partial charge in [-0.05, 0) is 40.1 Å². The second-order valence-electron chi connectivity index (χ2n) is 6.10. The highest BCUT2D eigenvalue weighted by atomic mass is 19.1. The second-order valence-corrected chi connectivity index (χ2v) is 6.10. The van der Waals surface area contributed by atoms with Gasteiger partial charge in [-0.25, -0.2) is 9.18 Å². The van der Waals surface area contributed by atoms with Crippen LogP contribution in [0.25, 0.3) is 10.8 Å². The molecule has 0 radical (unpaired) electrons. The third kappa shape index (κ3) is 2.40. The summed E-state index contributed by atoms with van der Waals surface area (Å²) in [6.07, 6.45) is 0.491. The van der Waals surface area contributed by atoms with Crippen LogP contribution in [0.15, 0.2) is 60.7 Å². The molecule has 0 spiro atoms. The number of anilines is 1. The van der Waals surface area contributed by atoms with E-state index in [4.69, 9.17) is 0 Å². The molecular formula is C20H16FNO2. The minimum absolute atomic E-state index is 0.286. The summed E-state index contributed by atoms with van der Waals surface area (Å²) in [7, 11) is 0. The van der Waals surface area contributed by atoms with Crippen molar-refractivity contribution >= 4 is 22.4 Å². The number of halogens is 1. The van der Waals surface area contributed by atoms with Gasteiger partial charge >= 0.3 is 5.97 Å². The molecule has 0 saturated heterocycles. The Labute approximate surface area is 139 Å². The van der Waals surface area contributed by atoms with Crippen molar-refractivity contribution in [1.29, 1.82) is 0 Å². The molecule has 4 rings (SSSR count). The van der Waals surface area contributed by atoms with Crippen LogP contribution in [0.5, 0.6) is 0 Å². The highest BCUT2D eigenvalue weighted by molar-refractivity contribution is 5.87. The first kappa shape index (κ1) is 14.7. The molecule has 0 fully saturated rings. The zero-order valence-electron chi connectivity index (χ0n) is 12.9. The first-order chi connectivity index (χ1) is 11.6. The average molecular weight is 321 g/mol. The molecule has 3 nitrogen and oxygen atoms in total. The molecule has 0 bridgehead atoms. The lowest BCUT2D eigenvalue weighted by atomic mass is 10.0. The zero-order valence-corrected chi connectivity index (χ0v) is 12.9. The quantitative estimate of drug-likeness (QED) is 0.793. The number of carbonyl (C=O) groups is 1. The summed E-state index contributed by atoms with van der Waals surface area (Å²) in [5.74, 6) is -1.12. The van der Waals surface area contributed by atoms with Gasteiger partial charge in [0.15, 0.2) is 0 Å². The Morgan fingerprint density at radius 3 is 2.79 bits per heavy atom. The van der Waals surface area contributed by atoms with E-state index in [-0.39, 0.29) is 5.82 Å². The van der Waals surface area contributed by atoms with Crippen LogP contribution in [0.1, 0.15) is 11.1 Å². The normalized spacial score (nSPS) is 16.4. The molecule has 3 aromatic carbocycles. The Kier molecular flexibility index (Phi) is 3.45. The molecule has 1 unspecified atom stereocenters. The van der Waals surface area contributed by atoms with Crippen LogP contribution in [-0.2, 0) is 17.8 Å². The van der Waals surface area contributed by atoms with Gasteiger partial charge in [-0.2, -0.15) is 0 Å². The van der Waals surface area contributed by atoms with E-state index in [1.807, 2.05) is 47.4 Å². The number of carboxylic acid groups (broad SMARTS) is 1. The van der Waals surface area contributed by atoms with Crippen molar-refractivity contribution < 1.29 is 14.3 Å². The Morgan fingerprint density at radius 2 is 1.96 bits per heavy atom. The number of para-hydroxylation sites is 1. The van der Waals surface area contributed by atoms with Gasteiger partial charge in [-0.1, -0.05) is 42.5 Å². The number of hydrogen-bond acceptors (Lipinski definition) is 2. The van der Waals surface area contributed by atoms with Gasteiger partial charge < -0.3 is 10.0 Å². The van der Waals surface area contributed by atoms with Crippen LogP contribution >= 0.6 is 0 Å². The van der Waals surface area contributed by atoms with Crippen molar-refractivity contribution in [2.75, 3.05) is 4.90 Å². The topological polar surface area (TPSA) is 40.5 Å². The van der Waals surface area contributed by atoms with Crippen LogP contribution in [0, 0.1) is 5.82 Å². The monoisotopic (exact) mass is 321 g/mol. The van der Waals surface area contributed by atoms with E-state index in [2.05, 4.69) is 0 Å². The fourth-order valence-electron chi connectivity index (χ4n) is 3.50. The molecule has 1 heterocycles. The highest BCUT2D eigenvalue weighted by Gasteiger charge is 2.34. The molecule has 1 aliphatic rings. The summed E-state index contributed by atoms with van der Waals surface area (Å²) in [5.41, 5.74) is 2.91. The number of carboxylic acids is 1. The van der Waals surface area contributed by atoms with Gasteiger partial charge in [0.2, 0.25) is 0 Å². The van der Waals surface area contributed by atoms with Crippen LogP contribution in [0.2, 0.25) is 0 Å². The van der Waals surface area contributed by atoms with Gasteiger partial charge in [-0.3, -0.25) is 0 Å². The van der Waals surface area contributed by atoms with E-state index >= 15 is 0 Å².